The maximum Gasteiger partial charge on any atom is 0.225 e. The average Bonchev–Trinajstić information content (AvgIpc) is 2.91. The minimum Gasteiger partial charge on any atom is -0.495 e. The molecule has 0 radical (unpaired) electrons. The number of nitrogens with zero attached hydrogens (tertiary/aromatic N) is 3. The van der Waals surface area contributed by atoms with E-state index in [0.29, 0.717) is 24.4 Å². The summed E-state index contributed by atoms with van der Waals surface area (Å²) < 4.78 is 6.99. The third-order valence-corrected chi connectivity index (χ3v) is 3.31. The Morgan fingerprint density at radius 2 is 2.18 bits per heavy atom. The molecule has 0 fully saturated rings. The van der Waals surface area contributed by atoms with Gasteiger partial charge in [-0.3, -0.25) is 9.48 Å². The molecule has 1 aromatic carbocycles. The SMILES string of the molecule is COc1ccccc1NC(=O)CCN(C)Cc1cnn(C)c1. The summed E-state index contributed by atoms with van der Waals surface area (Å²) in [4.78, 5) is 14.1. The van der Waals surface area contributed by atoms with Crippen molar-refractivity contribution >= 4 is 11.6 Å². The molecular weight excluding hydrogens is 280 g/mol. The number of benzene rings is 1. The third kappa shape index (κ3) is 4.60. The van der Waals surface area contributed by atoms with Gasteiger partial charge in [-0.25, -0.2) is 0 Å². The summed E-state index contributed by atoms with van der Waals surface area (Å²) in [6, 6.07) is 7.39. The lowest BCUT2D eigenvalue weighted by Crippen LogP contribution is -2.24. The number of aryl methyl sites for hydroxylation is 1. The molecule has 1 amide bonds. The van der Waals surface area contributed by atoms with E-state index in [1.807, 2.05) is 50.8 Å². The second-order valence-electron chi connectivity index (χ2n) is 5.26. The molecule has 0 saturated heterocycles. The summed E-state index contributed by atoms with van der Waals surface area (Å²) >= 11 is 0. The molecule has 0 spiro atoms. The maximum absolute atomic E-state index is 12.0. The number of nitrogens with one attached hydrogen (secondary N) is 1. The Morgan fingerprint density at radius 1 is 1.41 bits per heavy atom. The number of hydrogen-bond donors (Lipinski definition) is 1. The van der Waals surface area contributed by atoms with E-state index in [9.17, 15) is 4.79 Å². The Kier molecular flexibility index (Phi) is 5.55. The first-order chi connectivity index (χ1) is 10.6. The van der Waals surface area contributed by atoms with Crippen molar-refractivity contribution in [3.63, 3.8) is 0 Å². The van der Waals surface area contributed by atoms with E-state index < -0.39 is 0 Å². The van der Waals surface area contributed by atoms with Gasteiger partial charge in [0, 0.05) is 38.3 Å². The number of para-hydroxylation sites is 2. The van der Waals surface area contributed by atoms with Gasteiger partial charge in [-0.1, -0.05) is 12.1 Å². The fourth-order valence-electron chi connectivity index (χ4n) is 2.20. The molecule has 1 heterocycles. The molecule has 0 aliphatic heterocycles. The van der Waals surface area contributed by atoms with Crippen molar-refractivity contribution in [2.75, 3.05) is 26.0 Å². The lowest BCUT2D eigenvalue weighted by Gasteiger charge is -2.15. The molecule has 118 valence electrons. The highest BCUT2D eigenvalue weighted by molar-refractivity contribution is 5.92. The largest absolute Gasteiger partial charge is 0.495 e. The van der Waals surface area contributed by atoms with E-state index in [-0.39, 0.29) is 5.91 Å². The topological polar surface area (TPSA) is 59.4 Å². The van der Waals surface area contributed by atoms with Gasteiger partial charge in [0.05, 0.1) is 19.0 Å². The van der Waals surface area contributed by atoms with E-state index in [2.05, 4.69) is 15.3 Å². The summed E-state index contributed by atoms with van der Waals surface area (Å²) in [6.07, 6.45) is 4.24. The number of ether oxygens (including phenoxy) is 1. The van der Waals surface area contributed by atoms with Gasteiger partial charge in [-0.2, -0.15) is 5.10 Å². The number of anilines is 1. The molecule has 1 aromatic heterocycles. The van der Waals surface area contributed by atoms with Crippen LogP contribution in [0.25, 0.3) is 0 Å². The lowest BCUT2D eigenvalue weighted by atomic mass is 10.2. The Bertz CT molecular complexity index is 624. The first-order valence-corrected chi connectivity index (χ1v) is 7.17. The maximum atomic E-state index is 12.0. The number of carbonyl (C=O) groups is 1. The molecular formula is C16H22N4O2. The van der Waals surface area contributed by atoms with Crippen LogP contribution in [0, 0.1) is 0 Å². The number of rotatable bonds is 7. The zero-order valence-electron chi connectivity index (χ0n) is 13.2. The van der Waals surface area contributed by atoms with Crippen molar-refractivity contribution in [2.45, 2.75) is 13.0 Å². The van der Waals surface area contributed by atoms with Gasteiger partial charge in [0.15, 0.2) is 0 Å². The van der Waals surface area contributed by atoms with Crippen molar-refractivity contribution in [3.05, 3.63) is 42.2 Å². The Balaban J connectivity index is 1.79. The smallest absolute Gasteiger partial charge is 0.225 e. The number of methoxy groups -OCH3 is 1. The van der Waals surface area contributed by atoms with Crippen molar-refractivity contribution in [1.82, 2.24) is 14.7 Å². The molecule has 0 aliphatic rings. The van der Waals surface area contributed by atoms with Gasteiger partial charge in [-0.15, -0.1) is 0 Å². The van der Waals surface area contributed by atoms with Crippen LogP contribution in [0.15, 0.2) is 36.7 Å². The number of hydrogen-bond acceptors (Lipinski definition) is 4. The van der Waals surface area contributed by atoms with Crippen LogP contribution in [-0.2, 0) is 18.4 Å². The normalized spacial score (nSPS) is 10.7. The highest BCUT2D eigenvalue weighted by Crippen LogP contribution is 2.23. The van der Waals surface area contributed by atoms with Gasteiger partial charge in [0.1, 0.15) is 5.75 Å². The summed E-state index contributed by atoms with van der Waals surface area (Å²) in [6.45, 7) is 1.45. The zero-order valence-corrected chi connectivity index (χ0v) is 13.2. The van der Waals surface area contributed by atoms with Crippen LogP contribution in [-0.4, -0.2) is 41.3 Å². The van der Waals surface area contributed by atoms with Gasteiger partial charge in [0.25, 0.3) is 0 Å². The summed E-state index contributed by atoms with van der Waals surface area (Å²) in [5.41, 5.74) is 1.83. The summed E-state index contributed by atoms with van der Waals surface area (Å²) in [5.74, 6) is 0.641. The quantitative estimate of drug-likeness (QED) is 0.848. The Morgan fingerprint density at radius 3 is 2.86 bits per heavy atom. The zero-order chi connectivity index (χ0) is 15.9. The lowest BCUT2D eigenvalue weighted by molar-refractivity contribution is -0.116. The van der Waals surface area contributed by atoms with E-state index in [0.717, 1.165) is 12.1 Å². The van der Waals surface area contributed by atoms with E-state index in [4.69, 9.17) is 4.74 Å². The van der Waals surface area contributed by atoms with Crippen LogP contribution >= 0.6 is 0 Å². The summed E-state index contributed by atoms with van der Waals surface area (Å²) in [7, 11) is 5.47. The van der Waals surface area contributed by atoms with Crippen molar-refractivity contribution in [1.29, 1.82) is 0 Å². The highest BCUT2D eigenvalue weighted by atomic mass is 16.5. The second-order valence-corrected chi connectivity index (χ2v) is 5.26. The van der Waals surface area contributed by atoms with E-state index >= 15 is 0 Å². The molecule has 0 saturated carbocycles. The standard InChI is InChI=1S/C16H22N4O2/c1-19(11-13-10-17-20(2)12-13)9-8-16(21)18-14-6-4-5-7-15(14)22-3/h4-7,10,12H,8-9,11H2,1-3H3,(H,18,21). The summed E-state index contributed by atoms with van der Waals surface area (Å²) in [5, 5.41) is 7.01. The molecule has 0 bridgehead atoms. The molecule has 6 nitrogen and oxygen atoms in total. The van der Waals surface area contributed by atoms with Crippen LogP contribution in [0.5, 0.6) is 5.75 Å². The fraction of sp³-hybridized carbons (Fsp3) is 0.375. The fourth-order valence-corrected chi connectivity index (χ4v) is 2.20. The van der Waals surface area contributed by atoms with Gasteiger partial charge < -0.3 is 15.0 Å². The van der Waals surface area contributed by atoms with Crippen molar-refractivity contribution in [3.8, 4) is 5.75 Å². The van der Waals surface area contributed by atoms with Crippen LogP contribution in [0.4, 0.5) is 5.69 Å². The van der Waals surface area contributed by atoms with Crippen LogP contribution < -0.4 is 10.1 Å². The van der Waals surface area contributed by atoms with Crippen LogP contribution in [0.1, 0.15) is 12.0 Å². The van der Waals surface area contributed by atoms with E-state index in [1.165, 1.54) is 0 Å². The van der Waals surface area contributed by atoms with Gasteiger partial charge in [0.2, 0.25) is 5.91 Å². The third-order valence-electron chi connectivity index (χ3n) is 3.31. The first-order valence-electron chi connectivity index (χ1n) is 7.17. The molecule has 0 aliphatic carbocycles. The number of amides is 1. The van der Waals surface area contributed by atoms with Crippen LogP contribution in [0.2, 0.25) is 0 Å². The van der Waals surface area contributed by atoms with E-state index in [1.54, 1.807) is 11.8 Å². The van der Waals surface area contributed by atoms with Crippen molar-refractivity contribution < 1.29 is 9.53 Å². The predicted molar refractivity (Wildman–Crippen MR) is 85.8 cm³/mol. The number of aromatic nitrogens is 2. The molecule has 0 unspecified atom stereocenters. The highest BCUT2D eigenvalue weighted by Gasteiger charge is 2.09. The second kappa shape index (κ2) is 7.61. The Labute approximate surface area is 130 Å². The molecule has 0 atom stereocenters. The molecule has 1 N–H and O–H groups in total. The monoisotopic (exact) mass is 302 g/mol. The van der Waals surface area contributed by atoms with Crippen molar-refractivity contribution in [2.24, 2.45) is 7.05 Å². The average molecular weight is 302 g/mol. The molecule has 2 aromatic rings. The number of carbonyl (C=O) groups excluding carboxylic acids is 1. The predicted octanol–water partition coefficient (Wildman–Crippen LogP) is 1.89. The first kappa shape index (κ1) is 16.0. The minimum absolute atomic E-state index is 0.0254. The minimum atomic E-state index is -0.0254. The molecule has 22 heavy (non-hydrogen) atoms. The molecule has 2 rings (SSSR count). The van der Waals surface area contributed by atoms with Crippen LogP contribution in [0.3, 0.4) is 0 Å². The molecule has 6 heteroatoms. The van der Waals surface area contributed by atoms with Gasteiger partial charge in [-0.05, 0) is 19.2 Å². The van der Waals surface area contributed by atoms with Gasteiger partial charge >= 0.3 is 0 Å². The Hall–Kier alpha value is -2.34.